The summed E-state index contributed by atoms with van der Waals surface area (Å²) in [5.74, 6) is -0.186. The van der Waals surface area contributed by atoms with Crippen LogP contribution < -0.4 is 10.6 Å². The van der Waals surface area contributed by atoms with Gasteiger partial charge in [-0.15, -0.1) is 0 Å². The number of anilines is 1. The predicted molar refractivity (Wildman–Crippen MR) is 67.8 cm³/mol. The second-order valence-corrected chi connectivity index (χ2v) is 4.31. The van der Waals surface area contributed by atoms with Crippen molar-refractivity contribution >= 4 is 11.6 Å². The van der Waals surface area contributed by atoms with E-state index in [1.807, 2.05) is 13.8 Å². The van der Waals surface area contributed by atoms with Crippen LogP contribution in [0.1, 0.15) is 25.8 Å². The van der Waals surface area contributed by atoms with Crippen LogP contribution in [0.3, 0.4) is 0 Å². The molecule has 1 aromatic rings. The number of hydrogen-bond donors (Lipinski definition) is 2. The van der Waals surface area contributed by atoms with E-state index in [1.165, 1.54) is 12.1 Å². The first kappa shape index (κ1) is 15.3. The number of carbonyl (C=O) groups is 1. The average molecular weight is 274 g/mol. The van der Waals surface area contributed by atoms with Gasteiger partial charge in [-0.05, 0) is 37.6 Å². The summed E-state index contributed by atoms with van der Waals surface area (Å²) in [5.41, 5.74) is -0.227. The Morgan fingerprint density at radius 3 is 2.32 bits per heavy atom. The number of benzene rings is 1. The monoisotopic (exact) mass is 274 g/mol. The predicted octanol–water partition coefficient (Wildman–Crippen LogP) is 3.03. The summed E-state index contributed by atoms with van der Waals surface area (Å²) in [7, 11) is 0. The number of carbonyl (C=O) groups excluding carboxylic acids is 1. The van der Waals surface area contributed by atoms with E-state index < -0.39 is 11.7 Å². The number of hydrogen-bond acceptors (Lipinski definition) is 2. The summed E-state index contributed by atoms with van der Waals surface area (Å²) in [4.78, 5) is 11.5. The molecule has 19 heavy (non-hydrogen) atoms. The van der Waals surface area contributed by atoms with Crippen molar-refractivity contribution in [1.29, 1.82) is 0 Å². The van der Waals surface area contributed by atoms with E-state index in [2.05, 4.69) is 10.6 Å². The minimum Gasteiger partial charge on any atom is -0.376 e. The van der Waals surface area contributed by atoms with Crippen LogP contribution in [-0.4, -0.2) is 18.5 Å². The molecule has 0 bridgehead atoms. The van der Waals surface area contributed by atoms with Gasteiger partial charge in [-0.1, -0.05) is 6.92 Å². The Kier molecular flexibility index (Phi) is 5.20. The van der Waals surface area contributed by atoms with Crippen molar-refractivity contribution in [2.45, 2.75) is 32.5 Å². The second kappa shape index (κ2) is 6.45. The van der Waals surface area contributed by atoms with Gasteiger partial charge in [-0.3, -0.25) is 4.79 Å². The van der Waals surface area contributed by atoms with Gasteiger partial charge < -0.3 is 10.6 Å². The van der Waals surface area contributed by atoms with E-state index in [0.29, 0.717) is 5.69 Å². The van der Waals surface area contributed by atoms with E-state index in [4.69, 9.17) is 0 Å². The highest BCUT2D eigenvalue weighted by Gasteiger charge is 2.29. The van der Waals surface area contributed by atoms with Gasteiger partial charge in [0.25, 0.3) is 0 Å². The molecule has 0 aromatic heterocycles. The third-order valence-corrected chi connectivity index (χ3v) is 2.69. The fourth-order valence-corrected chi connectivity index (χ4v) is 1.39. The molecule has 0 saturated carbocycles. The zero-order valence-corrected chi connectivity index (χ0v) is 10.8. The standard InChI is InChI=1S/C13H17F3N2O/c1-3-9(2)18-12(19)8-17-11-6-4-10(5-7-11)13(14,15)16/h4-7,9,17H,3,8H2,1-2H3,(H,18,19). The molecule has 1 aromatic carbocycles. The molecule has 3 nitrogen and oxygen atoms in total. The van der Waals surface area contributed by atoms with Crippen molar-refractivity contribution in [2.24, 2.45) is 0 Å². The molecule has 2 N–H and O–H groups in total. The van der Waals surface area contributed by atoms with Crippen LogP contribution in [0.5, 0.6) is 0 Å². The first-order chi connectivity index (χ1) is 8.82. The molecule has 0 aliphatic carbocycles. The first-order valence-electron chi connectivity index (χ1n) is 6.03. The van der Waals surface area contributed by atoms with Gasteiger partial charge in [0.1, 0.15) is 0 Å². The van der Waals surface area contributed by atoms with Crippen LogP contribution in [0.2, 0.25) is 0 Å². The van der Waals surface area contributed by atoms with Crippen LogP contribution in [0.4, 0.5) is 18.9 Å². The van der Waals surface area contributed by atoms with Crippen LogP contribution in [0, 0.1) is 0 Å². The summed E-state index contributed by atoms with van der Waals surface area (Å²) in [5, 5.41) is 5.53. The van der Waals surface area contributed by atoms with Gasteiger partial charge in [0.05, 0.1) is 12.1 Å². The zero-order chi connectivity index (χ0) is 14.5. The highest BCUT2D eigenvalue weighted by molar-refractivity contribution is 5.80. The van der Waals surface area contributed by atoms with Gasteiger partial charge in [-0.25, -0.2) is 0 Å². The van der Waals surface area contributed by atoms with E-state index in [-0.39, 0.29) is 18.5 Å². The van der Waals surface area contributed by atoms with Gasteiger partial charge in [0.15, 0.2) is 0 Å². The van der Waals surface area contributed by atoms with Crippen molar-refractivity contribution in [1.82, 2.24) is 5.32 Å². The molecule has 1 rings (SSSR count). The molecule has 6 heteroatoms. The maximum Gasteiger partial charge on any atom is 0.416 e. The van der Waals surface area contributed by atoms with Crippen molar-refractivity contribution < 1.29 is 18.0 Å². The van der Waals surface area contributed by atoms with E-state index >= 15 is 0 Å². The number of rotatable bonds is 5. The molecule has 0 spiro atoms. The number of halogens is 3. The molecule has 0 aliphatic heterocycles. The lowest BCUT2D eigenvalue weighted by Crippen LogP contribution is -2.36. The van der Waals surface area contributed by atoms with Crippen molar-refractivity contribution in [3.8, 4) is 0 Å². The van der Waals surface area contributed by atoms with Crippen molar-refractivity contribution in [3.63, 3.8) is 0 Å². The molecule has 1 atom stereocenters. The Morgan fingerprint density at radius 2 is 1.84 bits per heavy atom. The Bertz CT molecular complexity index is 415. The maximum absolute atomic E-state index is 12.3. The lowest BCUT2D eigenvalue weighted by atomic mass is 10.2. The minimum absolute atomic E-state index is 0.0374. The van der Waals surface area contributed by atoms with Crippen LogP contribution in [0.15, 0.2) is 24.3 Å². The molecule has 0 radical (unpaired) electrons. The summed E-state index contributed by atoms with van der Waals surface area (Å²) in [6.07, 6.45) is -3.52. The fourth-order valence-electron chi connectivity index (χ4n) is 1.39. The number of amides is 1. The summed E-state index contributed by atoms with van der Waals surface area (Å²) in [6.45, 7) is 3.87. The molecule has 1 unspecified atom stereocenters. The van der Waals surface area contributed by atoms with Crippen LogP contribution in [-0.2, 0) is 11.0 Å². The molecule has 0 saturated heterocycles. The Labute approximate surface area is 110 Å². The summed E-state index contributed by atoms with van der Waals surface area (Å²) >= 11 is 0. The average Bonchev–Trinajstić information content (AvgIpc) is 2.35. The molecule has 0 heterocycles. The highest BCUT2D eigenvalue weighted by atomic mass is 19.4. The molecule has 1 amide bonds. The number of nitrogens with one attached hydrogen (secondary N) is 2. The molecular formula is C13H17F3N2O. The molecule has 0 aliphatic rings. The third-order valence-electron chi connectivity index (χ3n) is 2.69. The van der Waals surface area contributed by atoms with Gasteiger partial charge >= 0.3 is 6.18 Å². The maximum atomic E-state index is 12.3. The van der Waals surface area contributed by atoms with Gasteiger partial charge in [-0.2, -0.15) is 13.2 Å². The van der Waals surface area contributed by atoms with Gasteiger partial charge in [0, 0.05) is 11.7 Å². The molecule has 0 fully saturated rings. The largest absolute Gasteiger partial charge is 0.416 e. The third kappa shape index (κ3) is 5.19. The number of alkyl halides is 3. The second-order valence-electron chi connectivity index (χ2n) is 4.31. The van der Waals surface area contributed by atoms with Crippen molar-refractivity contribution in [3.05, 3.63) is 29.8 Å². The smallest absolute Gasteiger partial charge is 0.376 e. The van der Waals surface area contributed by atoms with Crippen LogP contribution in [0.25, 0.3) is 0 Å². The Hall–Kier alpha value is -1.72. The Balaban J connectivity index is 2.48. The normalized spacial score (nSPS) is 12.9. The SMILES string of the molecule is CCC(C)NC(=O)CNc1ccc(C(F)(F)F)cc1. The Morgan fingerprint density at radius 1 is 1.26 bits per heavy atom. The quantitative estimate of drug-likeness (QED) is 0.866. The van der Waals surface area contributed by atoms with Gasteiger partial charge in [0.2, 0.25) is 5.91 Å². The zero-order valence-electron chi connectivity index (χ0n) is 10.8. The summed E-state index contributed by atoms with van der Waals surface area (Å²) < 4.78 is 37.0. The highest BCUT2D eigenvalue weighted by Crippen LogP contribution is 2.29. The first-order valence-corrected chi connectivity index (χ1v) is 6.03. The summed E-state index contributed by atoms with van der Waals surface area (Å²) in [6, 6.07) is 4.66. The minimum atomic E-state index is -4.34. The van der Waals surface area contributed by atoms with E-state index in [1.54, 1.807) is 0 Å². The topological polar surface area (TPSA) is 41.1 Å². The lowest BCUT2D eigenvalue weighted by Gasteiger charge is -2.13. The molecule has 106 valence electrons. The van der Waals surface area contributed by atoms with Crippen LogP contribution >= 0.6 is 0 Å². The fraction of sp³-hybridized carbons (Fsp3) is 0.462. The van der Waals surface area contributed by atoms with E-state index in [0.717, 1.165) is 18.6 Å². The molecular weight excluding hydrogens is 257 g/mol. The van der Waals surface area contributed by atoms with E-state index in [9.17, 15) is 18.0 Å². The van der Waals surface area contributed by atoms with Crippen molar-refractivity contribution in [2.75, 3.05) is 11.9 Å². The lowest BCUT2D eigenvalue weighted by molar-refractivity contribution is -0.137.